The van der Waals surface area contributed by atoms with Crippen LogP contribution < -0.4 is 11.1 Å². The van der Waals surface area contributed by atoms with Crippen LogP contribution in [-0.4, -0.2) is 31.7 Å². The van der Waals surface area contributed by atoms with Gasteiger partial charge in [0.05, 0.1) is 5.60 Å². The summed E-state index contributed by atoms with van der Waals surface area (Å²) in [6, 6.07) is 0. The molecule has 4 heteroatoms. The van der Waals surface area contributed by atoms with E-state index in [-0.39, 0.29) is 11.5 Å². The third-order valence-corrected chi connectivity index (χ3v) is 2.79. The van der Waals surface area contributed by atoms with E-state index in [1.165, 1.54) is 0 Å². The van der Waals surface area contributed by atoms with Crippen molar-refractivity contribution in [3.05, 3.63) is 0 Å². The Balaban J connectivity index is 3.67. The fourth-order valence-electron chi connectivity index (χ4n) is 1.28. The van der Waals surface area contributed by atoms with Crippen LogP contribution in [0.25, 0.3) is 0 Å². The van der Waals surface area contributed by atoms with Crippen LogP contribution in [0, 0.1) is 5.92 Å². The zero-order valence-corrected chi connectivity index (χ0v) is 11.0. The molecule has 0 aliphatic heterocycles. The van der Waals surface area contributed by atoms with Gasteiger partial charge in [-0.25, -0.2) is 0 Å². The van der Waals surface area contributed by atoms with Crippen LogP contribution in [0.3, 0.4) is 0 Å². The van der Waals surface area contributed by atoms with Crippen molar-refractivity contribution in [1.29, 1.82) is 0 Å². The highest BCUT2D eigenvalue weighted by Crippen LogP contribution is 2.09. The van der Waals surface area contributed by atoms with Crippen molar-refractivity contribution in [3.63, 3.8) is 0 Å². The first kappa shape index (κ1) is 15.4. The van der Waals surface area contributed by atoms with Crippen molar-refractivity contribution < 1.29 is 9.53 Å². The summed E-state index contributed by atoms with van der Waals surface area (Å²) in [5.41, 5.74) is 5.16. The van der Waals surface area contributed by atoms with Crippen molar-refractivity contribution in [2.45, 2.75) is 45.6 Å². The molecule has 0 spiro atoms. The molecular formula is C12H26N2O2. The van der Waals surface area contributed by atoms with Gasteiger partial charge in [0, 0.05) is 20.1 Å². The number of hydrogen-bond acceptors (Lipinski definition) is 3. The first-order valence-corrected chi connectivity index (χ1v) is 5.93. The van der Waals surface area contributed by atoms with Gasteiger partial charge in [0.25, 0.3) is 0 Å². The van der Waals surface area contributed by atoms with E-state index in [1.54, 1.807) is 7.11 Å². The quantitative estimate of drug-likeness (QED) is 0.660. The summed E-state index contributed by atoms with van der Waals surface area (Å²) in [6.45, 7) is 7.26. The minimum absolute atomic E-state index is 0.0917. The Bertz CT molecular complexity index is 205. The number of methoxy groups -OCH3 is 1. The number of hydrogen-bond donors (Lipinski definition) is 2. The second kappa shape index (κ2) is 7.63. The Morgan fingerprint density at radius 3 is 2.56 bits per heavy atom. The van der Waals surface area contributed by atoms with E-state index in [9.17, 15) is 4.79 Å². The molecule has 0 saturated heterocycles. The summed E-state index contributed by atoms with van der Waals surface area (Å²) in [5, 5.41) is 2.88. The van der Waals surface area contributed by atoms with Crippen LogP contribution in [-0.2, 0) is 9.53 Å². The predicted octanol–water partition coefficient (Wildman–Crippen LogP) is 1.29. The largest absolute Gasteiger partial charge is 0.377 e. The Morgan fingerprint density at radius 1 is 1.44 bits per heavy atom. The number of amides is 1. The standard InChI is InChI=1S/C12H26N2O2/c1-10(7-8-13)5-6-11(15)14-9-12(2,3)16-4/h10H,5-9,13H2,1-4H3,(H,14,15). The van der Waals surface area contributed by atoms with Gasteiger partial charge in [-0.15, -0.1) is 0 Å². The number of nitrogens with one attached hydrogen (secondary N) is 1. The summed E-state index contributed by atoms with van der Waals surface area (Å²) >= 11 is 0. The van der Waals surface area contributed by atoms with E-state index in [2.05, 4.69) is 12.2 Å². The lowest BCUT2D eigenvalue weighted by atomic mass is 10.0. The molecule has 96 valence electrons. The molecule has 0 aliphatic carbocycles. The third-order valence-electron chi connectivity index (χ3n) is 2.79. The molecule has 0 aromatic rings. The first-order valence-electron chi connectivity index (χ1n) is 5.93. The molecule has 0 fully saturated rings. The van der Waals surface area contributed by atoms with E-state index in [0.717, 1.165) is 12.8 Å². The highest BCUT2D eigenvalue weighted by molar-refractivity contribution is 5.75. The molecule has 0 aromatic carbocycles. The van der Waals surface area contributed by atoms with E-state index in [0.29, 0.717) is 25.4 Å². The van der Waals surface area contributed by atoms with E-state index in [4.69, 9.17) is 10.5 Å². The van der Waals surface area contributed by atoms with E-state index < -0.39 is 0 Å². The Morgan fingerprint density at radius 2 is 2.06 bits per heavy atom. The zero-order valence-electron chi connectivity index (χ0n) is 11.0. The normalized spacial score (nSPS) is 13.6. The summed E-state index contributed by atoms with van der Waals surface area (Å²) in [7, 11) is 1.65. The maximum absolute atomic E-state index is 11.5. The number of carbonyl (C=O) groups is 1. The molecule has 0 rings (SSSR count). The summed E-state index contributed by atoms with van der Waals surface area (Å²) in [4.78, 5) is 11.5. The van der Waals surface area contributed by atoms with Gasteiger partial charge in [0.2, 0.25) is 5.91 Å². The lowest BCUT2D eigenvalue weighted by molar-refractivity contribution is -0.122. The van der Waals surface area contributed by atoms with Crippen LogP contribution in [0.4, 0.5) is 0 Å². The summed E-state index contributed by atoms with van der Waals surface area (Å²) < 4.78 is 5.22. The average molecular weight is 230 g/mol. The molecule has 0 heterocycles. The fourth-order valence-corrected chi connectivity index (χ4v) is 1.28. The molecule has 1 atom stereocenters. The van der Waals surface area contributed by atoms with Crippen molar-refractivity contribution in [2.75, 3.05) is 20.2 Å². The molecule has 0 aliphatic rings. The molecule has 0 radical (unpaired) electrons. The van der Waals surface area contributed by atoms with Crippen LogP contribution in [0.5, 0.6) is 0 Å². The summed E-state index contributed by atoms with van der Waals surface area (Å²) in [6.07, 6.45) is 2.45. The number of nitrogens with two attached hydrogens (primary N) is 1. The van der Waals surface area contributed by atoms with Crippen molar-refractivity contribution >= 4 is 5.91 Å². The van der Waals surface area contributed by atoms with Crippen molar-refractivity contribution in [2.24, 2.45) is 11.7 Å². The molecule has 4 nitrogen and oxygen atoms in total. The number of carbonyl (C=O) groups excluding carboxylic acids is 1. The van der Waals surface area contributed by atoms with Gasteiger partial charge in [-0.1, -0.05) is 6.92 Å². The predicted molar refractivity (Wildman–Crippen MR) is 66.2 cm³/mol. The molecule has 0 saturated carbocycles. The van der Waals surface area contributed by atoms with Crippen LogP contribution >= 0.6 is 0 Å². The molecule has 1 unspecified atom stereocenters. The van der Waals surface area contributed by atoms with Crippen LogP contribution in [0.15, 0.2) is 0 Å². The van der Waals surface area contributed by atoms with E-state index in [1.807, 2.05) is 13.8 Å². The first-order chi connectivity index (χ1) is 7.41. The topological polar surface area (TPSA) is 64.3 Å². The molecular weight excluding hydrogens is 204 g/mol. The summed E-state index contributed by atoms with van der Waals surface area (Å²) in [5.74, 6) is 0.611. The van der Waals surface area contributed by atoms with Gasteiger partial charge in [0.1, 0.15) is 0 Å². The second-order valence-corrected chi connectivity index (χ2v) is 4.96. The van der Waals surface area contributed by atoms with E-state index >= 15 is 0 Å². The smallest absolute Gasteiger partial charge is 0.220 e. The Hall–Kier alpha value is -0.610. The molecule has 0 aromatic heterocycles. The molecule has 0 bridgehead atoms. The lowest BCUT2D eigenvalue weighted by Crippen LogP contribution is -2.39. The molecule has 3 N–H and O–H groups in total. The molecule has 16 heavy (non-hydrogen) atoms. The lowest BCUT2D eigenvalue weighted by Gasteiger charge is -2.23. The molecule has 1 amide bonds. The maximum Gasteiger partial charge on any atom is 0.220 e. The van der Waals surface area contributed by atoms with Crippen molar-refractivity contribution in [3.8, 4) is 0 Å². The average Bonchev–Trinajstić information content (AvgIpc) is 2.24. The number of ether oxygens (including phenoxy) is 1. The van der Waals surface area contributed by atoms with Crippen LogP contribution in [0.2, 0.25) is 0 Å². The monoisotopic (exact) mass is 230 g/mol. The van der Waals surface area contributed by atoms with Gasteiger partial charge < -0.3 is 15.8 Å². The van der Waals surface area contributed by atoms with Crippen molar-refractivity contribution in [1.82, 2.24) is 5.32 Å². The van der Waals surface area contributed by atoms with Gasteiger partial charge in [-0.3, -0.25) is 4.79 Å². The second-order valence-electron chi connectivity index (χ2n) is 4.96. The van der Waals surface area contributed by atoms with Gasteiger partial charge >= 0.3 is 0 Å². The zero-order chi connectivity index (χ0) is 12.6. The maximum atomic E-state index is 11.5. The van der Waals surface area contributed by atoms with Gasteiger partial charge in [-0.2, -0.15) is 0 Å². The Kier molecular flexibility index (Phi) is 7.34. The highest BCUT2D eigenvalue weighted by Gasteiger charge is 2.17. The SMILES string of the molecule is COC(C)(C)CNC(=O)CCC(C)CCN. The fraction of sp³-hybridized carbons (Fsp3) is 0.917. The Labute approximate surface area is 98.9 Å². The van der Waals surface area contributed by atoms with Gasteiger partial charge in [-0.05, 0) is 39.2 Å². The van der Waals surface area contributed by atoms with Gasteiger partial charge in [0.15, 0.2) is 0 Å². The number of rotatable bonds is 8. The third kappa shape index (κ3) is 7.65. The highest BCUT2D eigenvalue weighted by atomic mass is 16.5. The minimum atomic E-state index is -0.293. The minimum Gasteiger partial charge on any atom is -0.377 e. The van der Waals surface area contributed by atoms with Crippen LogP contribution in [0.1, 0.15) is 40.0 Å².